The van der Waals surface area contributed by atoms with E-state index in [4.69, 9.17) is 14.2 Å². The van der Waals surface area contributed by atoms with Gasteiger partial charge >= 0.3 is 0 Å². The van der Waals surface area contributed by atoms with Crippen molar-refractivity contribution in [2.45, 2.75) is 66.3 Å². The van der Waals surface area contributed by atoms with Gasteiger partial charge in [0.05, 0.1) is 12.4 Å². The molecule has 1 rings (SSSR count). The fourth-order valence-corrected chi connectivity index (χ4v) is 2.65. The average molecular weight is 344 g/mol. The van der Waals surface area contributed by atoms with E-state index in [-0.39, 0.29) is 12.4 Å². The summed E-state index contributed by atoms with van der Waals surface area (Å²) in [5.41, 5.74) is 2.13. The lowest BCUT2D eigenvalue weighted by Crippen LogP contribution is -2.24. The molecule has 0 radical (unpaired) electrons. The Morgan fingerprint density at radius 2 is 2.00 bits per heavy atom. The number of allylic oxidation sites excluding steroid dienone is 2. The zero-order chi connectivity index (χ0) is 18.7. The average Bonchev–Trinajstić information content (AvgIpc) is 2.57. The van der Waals surface area contributed by atoms with Crippen molar-refractivity contribution in [1.82, 2.24) is 0 Å². The third-order valence-electron chi connectivity index (χ3n) is 3.78. The van der Waals surface area contributed by atoms with Gasteiger partial charge in [-0.15, -0.1) is 0 Å². The van der Waals surface area contributed by atoms with E-state index in [1.54, 1.807) is 0 Å². The van der Waals surface area contributed by atoms with E-state index < -0.39 is 0 Å². The van der Waals surface area contributed by atoms with Crippen LogP contribution in [0.5, 0.6) is 5.75 Å². The van der Waals surface area contributed by atoms with Crippen LogP contribution < -0.4 is 4.74 Å². The van der Waals surface area contributed by atoms with E-state index >= 15 is 0 Å². The van der Waals surface area contributed by atoms with Crippen molar-refractivity contribution in [1.29, 1.82) is 0 Å². The number of benzene rings is 1. The molecule has 2 unspecified atom stereocenters. The Kier molecular flexibility index (Phi) is 9.71. The maximum absolute atomic E-state index is 5.99. The van der Waals surface area contributed by atoms with E-state index in [0.29, 0.717) is 0 Å². The highest BCUT2D eigenvalue weighted by Crippen LogP contribution is 2.23. The highest BCUT2D eigenvalue weighted by molar-refractivity contribution is 5.67. The first kappa shape index (κ1) is 21.0. The van der Waals surface area contributed by atoms with Crippen LogP contribution in [0.15, 0.2) is 42.9 Å². The number of rotatable bonds is 11. The minimum absolute atomic E-state index is 0.246. The van der Waals surface area contributed by atoms with Crippen molar-refractivity contribution in [3.05, 3.63) is 54.0 Å². The fraction of sp³-hybridized carbons (Fsp3) is 0.455. The summed E-state index contributed by atoms with van der Waals surface area (Å²) in [6, 6.07) is 6.00. The van der Waals surface area contributed by atoms with Gasteiger partial charge in [0.25, 0.3) is 0 Å². The van der Waals surface area contributed by atoms with Gasteiger partial charge in [-0.3, -0.25) is 0 Å². The molecule has 0 saturated heterocycles. The van der Waals surface area contributed by atoms with Crippen LogP contribution in [0.25, 0.3) is 12.2 Å². The smallest absolute Gasteiger partial charge is 0.197 e. The molecule has 1 aromatic rings. The molecule has 0 bridgehead atoms. The molecule has 0 aliphatic carbocycles. The first-order valence-electron chi connectivity index (χ1n) is 9.08. The summed E-state index contributed by atoms with van der Waals surface area (Å²) in [5.74, 6) is 1.59. The highest BCUT2D eigenvalue weighted by atomic mass is 16.7. The summed E-state index contributed by atoms with van der Waals surface area (Å²) >= 11 is 0. The van der Waals surface area contributed by atoms with Crippen LogP contribution in [0.1, 0.15) is 65.0 Å². The molecule has 0 spiro atoms. The van der Waals surface area contributed by atoms with Gasteiger partial charge in [0.1, 0.15) is 11.5 Å². The van der Waals surface area contributed by atoms with E-state index in [9.17, 15) is 0 Å². The molecule has 0 fully saturated rings. The van der Waals surface area contributed by atoms with Gasteiger partial charge in [0, 0.05) is 0 Å². The lowest BCUT2D eigenvalue weighted by atomic mass is 10.1. The van der Waals surface area contributed by atoms with Gasteiger partial charge in [-0.05, 0) is 62.9 Å². The second-order valence-electron chi connectivity index (χ2n) is 5.97. The Morgan fingerprint density at radius 1 is 1.24 bits per heavy atom. The van der Waals surface area contributed by atoms with E-state index in [1.165, 1.54) is 6.26 Å². The molecule has 2 atom stereocenters. The quantitative estimate of drug-likeness (QED) is 0.336. The largest absolute Gasteiger partial charge is 0.470 e. The van der Waals surface area contributed by atoms with Crippen molar-refractivity contribution in [2.24, 2.45) is 0 Å². The van der Waals surface area contributed by atoms with Gasteiger partial charge in [-0.25, -0.2) is 0 Å². The Balaban J connectivity index is 2.90. The minimum Gasteiger partial charge on any atom is -0.470 e. The van der Waals surface area contributed by atoms with E-state index in [0.717, 1.165) is 41.9 Å². The molecule has 138 valence electrons. The molecule has 25 heavy (non-hydrogen) atoms. The molecule has 0 heterocycles. The van der Waals surface area contributed by atoms with Gasteiger partial charge in [-0.2, -0.15) is 0 Å². The number of ether oxygens (including phenoxy) is 3. The zero-order valence-corrected chi connectivity index (χ0v) is 16.2. The lowest BCUT2D eigenvalue weighted by Gasteiger charge is -2.22. The Bertz CT molecular complexity index is 587. The van der Waals surface area contributed by atoms with E-state index in [2.05, 4.69) is 26.5 Å². The molecule has 0 saturated carbocycles. The first-order valence-corrected chi connectivity index (χ1v) is 9.08. The zero-order valence-electron chi connectivity index (χ0n) is 16.2. The summed E-state index contributed by atoms with van der Waals surface area (Å²) in [6.45, 7) is 13.7. The van der Waals surface area contributed by atoms with Crippen molar-refractivity contribution in [3.63, 3.8) is 0 Å². The molecule has 0 aliphatic heterocycles. The first-order chi connectivity index (χ1) is 12.0. The molecule has 3 nitrogen and oxygen atoms in total. The number of hydrogen-bond acceptors (Lipinski definition) is 3. The minimum atomic E-state index is -0.276. The summed E-state index contributed by atoms with van der Waals surface area (Å²) in [6.07, 6.45) is 10.6. The van der Waals surface area contributed by atoms with Crippen molar-refractivity contribution in [3.8, 4) is 5.75 Å². The van der Waals surface area contributed by atoms with Crippen molar-refractivity contribution < 1.29 is 14.2 Å². The van der Waals surface area contributed by atoms with E-state index in [1.807, 2.05) is 51.1 Å². The standard InChI is InChI=1S/C22H32O3/c1-7-11-19-16-22(14-13-20(19)15-17(5)23-10-4)25-18(6)24-21(9-3)12-8-2/h7,10-11,13-16,18,21H,4,8-9,12H2,1-3,5-6H3/b11-7-,17-15+. The Labute approximate surface area is 153 Å². The summed E-state index contributed by atoms with van der Waals surface area (Å²) < 4.78 is 17.3. The monoisotopic (exact) mass is 344 g/mol. The third-order valence-corrected chi connectivity index (χ3v) is 3.78. The van der Waals surface area contributed by atoms with Gasteiger partial charge in [0.2, 0.25) is 0 Å². The van der Waals surface area contributed by atoms with Gasteiger partial charge in [-0.1, -0.05) is 45.1 Å². The second kappa shape index (κ2) is 11.5. The van der Waals surface area contributed by atoms with Crippen LogP contribution in [-0.4, -0.2) is 12.4 Å². The Morgan fingerprint density at radius 3 is 2.60 bits per heavy atom. The van der Waals surface area contributed by atoms with Crippen LogP contribution in [0, 0.1) is 0 Å². The molecular formula is C22H32O3. The third kappa shape index (κ3) is 7.61. The SMILES string of the molecule is C=CO/C(C)=C/c1ccc(OC(C)OC(CC)CCC)cc1/C=C\C. The maximum atomic E-state index is 5.99. The topological polar surface area (TPSA) is 27.7 Å². The van der Waals surface area contributed by atoms with Crippen molar-refractivity contribution >= 4 is 12.2 Å². The van der Waals surface area contributed by atoms with Crippen LogP contribution >= 0.6 is 0 Å². The summed E-state index contributed by atoms with van der Waals surface area (Å²) in [5, 5.41) is 0. The fourth-order valence-electron chi connectivity index (χ4n) is 2.65. The molecular weight excluding hydrogens is 312 g/mol. The molecule has 0 aromatic heterocycles. The van der Waals surface area contributed by atoms with Crippen LogP contribution in [0.2, 0.25) is 0 Å². The molecule has 1 aromatic carbocycles. The number of hydrogen-bond donors (Lipinski definition) is 0. The van der Waals surface area contributed by atoms with Crippen LogP contribution in [-0.2, 0) is 9.47 Å². The second-order valence-corrected chi connectivity index (χ2v) is 5.97. The summed E-state index contributed by atoms with van der Waals surface area (Å²) in [7, 11) is 0. The van der Waals surface area contributed by atoms with Crippen LogP contribution in [0.4, 0.5) is 0 Å². The predicted molar refractivity (Wildman–Crippen MR) is 106 cm³/mol. The Hall–Kier alpha value is -2.00. The molecule has 0 aliphatic rings. The van der Waals surface area contributed by atoms with Crippen molar-refractivity contribution in [2.75, 3.05) is 0 Å². The van der Waals surface area contributed by atoms with Gasteiger partial charge in [0.15, 0.2) is 6.29 Å². The molecule has 0 amide bonds. The van der Waals surface area contributed by atoms with Crippen LogP contribution in [0.3, 0.4) is 0 Å². The maximum Gasteiger partial charge on any atom is 0.197 e. The predicted octanol–water partition coefficient (Wildman–Crippen LogP) is 6.56. The van der Waals surface area contributed by atoms with Gasteiger partial charge < -0.3 is 14.2 Å². The highest BCUT2D eigenvalue weighted by Gasteiger charge is 2.12. The normalized spacial score (nSPS) is 14.4. The molecule has 3 heteroatoms. The lowest BCUT2D eigenvalue weighted by molar-refractivity contribution is -0.110. The molecule has 0 N–H and O–H groups in total. The summed E-state index contributed by atoms with van der Waals surface area (Å²) in [4.78, 5) is 0.